The van der Waals surface area contributed by atoms with E-state index in [9.17, 15) is 0 Å². The predicted octanol–water partition coefficient (Wildman–Crippen LogP) is 23.5. The van der Waals surface area contributed by atoms with Crippen LogP contribution in [0.2, 0.25) is 0 Å². The minimum Gasteiger partial charge on any atom is -0.476 e. The fourth-order valence-corrected chi connectivity index (χ4v) is 15.4. The smallest absolute Gasteiger partial charge is 0.240 e. The van der Waals surface area contributed by atoms with Gasteiger partial charge in [0, 0.05) is 38.7 Å². The highest BCUT2D eigenvalue weighted by Crippen LogP contribution is 2.40. The first-order valence-electron chi connectivity index (χ1n) is 32.9. The van der Waals surface area contributed by atoms with Crippen LogP contribution in [0.4, 0.5) is 0 Å². The van der Waals surface area contributed by atoms with E-state index >= 15 is 0 Å². The average Bonchev–Trinajstić information content (AvgIpc) is 4.27. The highest BCUT2D eigenvalue weighted by molar-refractivity contribution is 7.31. The Hall–Kier alpha value is -2.52. The van der Waals surface area contributed by atoms with Crippen molar-refractivity contribution in [3.63, 3.8) is 0 Å². The Morgan fingerprint density at radius 2 is 0.705 bits per heavy atom. The van der Waals surface area contributed by atoms with Gasteiger partial charge in [-0.3, -0.25) is 0 Å². The predicted molar refractivity (Wildman–Crippen MR) is 351 cm³/mol. The Kier molecular flexibility index (Phi) is 36.0. The second kappa shape index (κ2) is 42.3. The largest absolute Gasteiger partial charge is 0.476 e. The van der Waals surface area contributed by atoms with Crippen molar-refractivity contribution in [1.82, 2.24) is 9.97 Å². The zero-order chi connectivity index (χ0) is 55.1. The lowest BCUT2D eigenvalue weighted by molar-refractivity contribution is 0.203. The first kappa shape index (κ1) is 66.3. The van der Waals surface area contributed by atoms with Crippen molar-refractivity contribution < 1.29 is 9.47 Å². The molecule has 0 saturated heterocycles. The topological polar surface area (TPSA) is 44.2 Å². The fourth-order valence-electron chi connectivity index (χ4n) is 11.3. The molecule has 0 spiro atoms. The number of aromatic nitrogens is 2. The number of hydrogen-bond acceptors (Lipinski definition) is 8. The number of thiophene rings is 4. The third-order valence-electron chi connectivity index (χ3n) is 16.2. The third-order valence-corrected chi connectivity index (χ3v) is 20.6. The van der Waals surface area contributed by atoms with Crippen LogP contribution >= 0.6 is 45.3 Å². The quantitative estimate of drug-likeness (QED) is 0.0364. The van der Waals surface area contributed by atoms with Crippen LogP contribution in [0.3, 0.4) is 0 Å². The van der Waals surface area contributed by atoms with Gasteiger partial charge in [0.05, 0.1) is 13.2 Å². The second-order valence-corrected chi connectivity index (χ2v) is 28.4. The molecule has 78 heavy (non-hydrogen) atoms. The molecule has 0 aliphatic heterocycles. The van der Waals surface area contributed by atoms with Gasteiger partial charge in [0.15, 0.2) is 0 Å². The summed E-state index contributed by atoms with van der Waals surface area (Å²) in [6.45, 7) is 15.0. The molecule has 5 aromatic rings. The summed E-state index contributed by atoms with van der Waals surface area (Å²) >= 11 is 7.46. The summed E-state index contributed by atoms with van der Waals surface area (Å²) in [7, 11) is 0. The van der Waals surface area contributed by atoms with Gasteiger partial charge in [-0.2, -0.15) is 0 Å². The lowest BCUT2D eigenvalue weighted by Crippen LogP contribution is -2.28. The van der Waals surface area contributed by atoms with Crippen LogP contribution in [0.1, 0.15) is 304 Å². The van der Waals surface area contributed by atoms with Crippen molar-refractivity contribution in [1.29, 1.82) is 0 Å². The van der Waals surface area contributed by atoms with Gasteiger partial charge in [-0.05, 0) is 99.9 Å². The number of unbranched alkanes of at least 4 members (excludes halogenated alkanes) is 32. The van der Waals surface area contributed by atoms with Gasteiger partial charge in [0.2, 0.25) is 11.8 Å². The van der Waals surface area contributed by atoms with Crippen LogP contribution in [-0.4, -0.2) is 23.2 Å². The van der Waals surface area contributed by atoms with Crippen LogP contribution in [0, 0.1) is 25.7 Å². The van der Waals surface area contributed by atoms with E-state index in [1.807, 2.05) is 45.3 Å². The van der Waals surface area contributed by atoms with Crippen LogP contribution in [0.5, 0.6) is 11.8 Å². The molecule has 8 heteroatoms. The molecule has 0 amide bonds. The van der Waals surface area contributed by atoms with Gasteiger partial charge in [0.1, 0.15) is 10.7 Å². The molecule has 0 fully saturated rings. The Morgan fingerprint density at radius 3 is 1.06 bits per heavy atom. The van der Waals surface area contributed by atoms with Crippen molar-refractivity contribution >= 4 is 66.9 Å². The Morgan fingerprint density at radius 1 is 0.359 bits per heavy atom. The molecule has 2 atom stereocenters. The summed E-state index contributed by atoms with van der Waals surface area (Å²) in [5.41, 5.74) is 0. The summed E-state index contributed by atoms with van der Waals surface area (Å²) in [6, 6.07) is 13.7. The van der Waals surface area contributed by atoms with Crippen molar-refractivity contribution in [3.8, 4) is 21.5 Å². The van der Waals surface area contributed by atoms with Crippen molar-refractivity contribution in [2.45, 2.75) is 298 Å². The third kappa shape index (κ3) is 28.0. The van der Waals surface area contributed by atoms with Crippen molar-refractivity contribution in [3.05, 3.63) is 66.6 Å². The molecule has 0 aliphatic carbocycles. The van der Waals surface area contributed by atoms with E-state index in [0.717, 1.165) is 10.7 Å². The molecule has 5 aromatic heterocycles. The van der Waals surface area contributed by atoms with E-state index in [1.54, 1.807) is 0 Å². The summed E-state index contributed by atoms with van der Waals surface area (Å²) < 4.78 is 16.9. The first-order chi connectivity index (χ1) is 38.4. The van der Waals surface area contributed by atoms with Gasteiger partial charge >= 0.3 is 0 Å². The fraction of sp³-hybridized carbons (Fsp3) is 0.714. The number of rotatable bonds is 49. The molecule has 4 nitrogen and oxygen atoms in total. The second-order valence-electron chi connectivity index (χ2n) is 23.6. The molecule has 0 N–H and O–H groups in total. The van der Waals surface area contributed by atoms with E-state index in [1.165, 1.54) is 295 Å². The van der Waals surface area contributed by atoms with Crippen LogP contribution in [-0.2, 0) is 0 Å². The van der Waals surface area contributed by atoms with Crippen LogP contribution < -0.4 is 20.2 Å². The maximum absolute atomic E-state index is 7.09. The Labute approximate surface area is 494 Å². The van der Waals surface area contributed by atoms with Gasteiger partial charge in [0.25, 0.3) is 0 Å². The van der Waals surface area contributed by atoms with Crippen molar-refractivity contribution in [2.75, 3.05) is 13.2 Å². The molecule has 5 rings (SSSR count). The standard InChI is InChI=1S/C70H112N2O2S4/c1-7-11-15-19-23-27-29-33-37-41-45-59(43-39-35-31-25-21-17-13-9-3)55-73-69-63(52-61-48-47-57(5)75-61)71-70(64(72-69)53-62-49-50-65(77-62)67-54-68-66(78-67)51-58(6)76-68)74-56-60(44-40-36-32-26-22-18-14-10-4)46-42-38-34-30-28-24-20-16-12-8-2/h47-54,59-60H,7-46,55-56H2,1-6H3/b63-52-,64-53-. The molecule has 2 unspecified atom stereocenters. The molecule has 0 bridgehead atoms. The van der Waals surface area contributed by atoms with E-state index in [4.69, 9.17) is 19.4 Å². The molecule has 0 aliphatic rings. The summed E-state index contributed by atoms with van der Waals surface area (Å²) in [6.07, 6.45) is 58.3. The number of aryl methyl sites for hydroxylation is 2. The Balaban J connectivity index is 1.39. The van der Waals surface area contributed by atoms with E-state index in [2.05, 4.69) is 90.1 Å². The number of fused-ring (bicyclic) bond motifs is 1. The SMILES string of the molecule is CCCCCCCCCCCCC(CCCCCCCCCC)COc1n/c(=C\c2ccc(-c3cc4sc(C)cc4s3)s2)c(OCC(CCCCCCCCCC)CCCCCCCCCCCC)n/c1=C\c1ccc(C)s1. The van der Waals surface area contributed by atoms with Gasteiger partial charge in [-0.1, -0.05) is 259 Å². The summed E-state index contributed by atoms with van der Waals surface area (Å²) in [5.74, 6) is 2.31. The van der Waals surface area contributed by atoms with Crippen LogP contribution in [0.25, 0.3) is 31.3 Å². The van der Waals surface area contributed by atoms with Gasteiger partial charge < -0.3 is 9.47 Å². The molecule has 0 aromatic carbocycles. The Bertz CT molecular complexity index is 2340. The summed E-state index contributed by atoms with van der Waals surface area (Å²) in [4.78, 5) is 18.6. The maximum Gasteiger partial charge on any atom is 0.240 e. The van der Waals surface area contributed by atoms with E-state index < -0.39 is 0 Å². The average molecular weight is 1140 g/mol. The number of ether oxygens (including phenoxy) is 2. The summed E-state index contributed by atoms with van der Waals surface area (Å²) in [5, 5.41) is 1.59. The number of nitrogens with zero attached hydrogens (tertiary/aromatic N) is 2. The molecule has 5 heterocycles. The molecule has 0 radical (unpaired) electrons. The normalized spacial score (nSPS) is 13.2. The highest BCUT2D eigenvalue weighted by atomic mass is 32.1. The number of hydrogen-bond donors (Lipinski definition) is 0. The zero-order valence-electron chi connectivity index (χ0n) is 50.8. The monoisotopic (exact) mass is 1140 g/mol. The maximum atomic E-state index is 7.09. The van der Waals surface area contributed by atoms with E-state index in [-0.39, 0.29) is 0 Å². The van der Waals surface area contributed by atoms with Crippen LogP contribution in [0.15, 0.2) is 36.4 Å². The molecular weight excluding hydrogens is 1030 g/mol. The van der Waals surface area contributed by atoms with E-state index in [0.29, 0.717) is 36.8 Å². The minimum absolute atomic E-state index is 0.504. The molecular formula is C70H112N2O2S4. The van der Waals surface area contributed by atoms with Gasteiger partial charge in [-0.15, -0.1) is 45.3 Å². The lowest BCUT2D eigenvalue weighted by atomic mass is 9.94. The molecule has 438 valence electrons. The molecule has 0 saturated carbocycles. The minimum atomic E-state index is 0.504. The first-order valence-corrected chi connectivity index (χ1v) is 36.2. The van der Waals surface area contributed by atoms with Gasteiger partial charge in [-0.25, -0.2) is 9.97 Å². The zero-order valence-corrected chi connectivity index (χ0v) is 54.1. The lowest BCUT2D eigenvalue weighted by Gasteiger charge is -2.19. The highest BCUT2D eigenvalue weighted by Gasteiger charge is 2.18. The van der Waals surface area contributed by atoms with Crippen molar-refractivity contribution in [2.24, 2.45) is 11.8 Å².